The van der Waals surface area contributed by atoms with Gasteiger partial charge in [0.05, 0.1) is 6.04 Å². The summed E-state index contributed by atoms with van der Waals surface area (Å²) in [6.07, 6.45) is 1.09. The molecule has 2 atom stereocenters. The fraction of sp³-hybridized carbons (Fsp3) is 0.500. The van der Waals surface area contributed by atoms with Crippen molar-refractivity contribution in [1.82, 2.24) is 20.2 Å². The Bertz CT molecular complexity index is 561. The molecule has 0 aliphatic heterocycles. The summed E-state index contributed by atoms with van der Waals surface area (Å²) in [5.41, 5.74) is 8.75. The third kappa shape index (κ3) is 2.45. The first-order valence-corrected chi connectivity index (χ1v) is 6.69. The van der Waals surface area contributed by atoms with Crippen molar-refractivity contribution in [3.05, 3.63) is 23.8 Å². The number of nitrogens with two attached hydrogens (primary N) is 1. The van der Waals surface area contributed by atoms with Crippen molar-refractivity contribution < 1.29 is 0 Å². The Hall–Kier alpha value is -1.91. The quantitative estimate of drug-likeness (QED) is 0.857. The zero-order valence-electron chi connectivity index (χ0n) is 12.0. The summed E-state index contributed by atoms with van der Waals surface area (Å²) in [5.74, 6) is 1.31. The third-order valence-electron chi connectivity index (χ3n) is 3.96. The van der Waals surface area contributed by atoms with Gasteiger partial charge in [-0.15, -0.1) is 5.10 Å². The lowest BCUT2D eigenvalue weighted by atomic mass is 10.00. The fourth-order valence-electron chi connectivity index (χ4n) is 2.12. The molecule has 102 valence electrons. The number of tetrazole rings is 1. The van der Waals surface area contributed by atoms with Gasteiger partial charge < -0.3 is 5.73 Å². The Morgan fingerprint density at radius 3 is 2.74 bits per heavy atom. The molecule has 0 saturated carbocycles. The van der Waals surface area contributed by atoms with Gasteiger partial charge in [0.25, 0.3) is 0 Å². The van der Waals surface area contributed by atoms with Crippen molar-refractivity contribution in [2.45, 2.75) is 40.2 Å². The Labute approximate surface area is 113 Å². The van der Waals surface area contributed by atoms with E-state index in [0.29, 0.717) is 5.92 Å². The van der Waals surface area contributed by atoms with Gasteiger partial charge in [-0.25, -0.2) is 4.68 Å². The number of rotatable bonds is 4. The third-order valence-corrected chi connectivity index (χ3v) is 3.96. The van der Waals surface area contributed by atoms with Crippen LogP contribution < -0.4 is 5.73 Å². The van der Waals surface area contributed by atoms with Gasteiger partial charge in [-0.1, -0.05) is 32.4 Å². The molecule has 2 N–H and O–H groups in total. The Kier molecular flexibility index (Phi) is 3.83. The molecule has 1 aromatic heterocycles. The van der Waals surface area contributed by atoms with Gasteiger partial charge in [-0.2, -0.15) is 0 Å². The van der Waals surface area contributed by atoms with E-state index in [-0.39, 0.29) is 6.04 Å². The molecular weight excluding hydrogens is 238 g/mol. The fourth-order valence-corrected chi connectivity index (χ4v) is 2.12. The molecule has 5 heteroatoms. The molecule has 0 radical (unpaired) electrons. The second kappa shape index (κ2) is 5.38. The summed E-state index contributed by atoms with van der Waals surface area (Å²) < 4.78 is 1.90. The van der Waals surface area contributed by atoms with E-state index < -0.39 is 0 Å². The first-order chi connectivity index (χ1) is 9.06. The predicted molar refractivity (Wildman–Crippen MR) is 76.6 cm³/mol. The lowest BCUT2D eigenvalue weighted by Crippen LogP contribution is -2.16. The number of nitrogen functional groups attached to an aromatic ring is 1. The van der Waals surface area contributed by atoms with Crippen LogP contribution in [0.1, 0.15) is 38.8 Å². The maximum absolute atomic E-state index is 5.96. The molecule has 0 spiro atoms. The minimum atomic E-state index is 0.260. The molecule has 5 nitrogen and oxygen atoms in total. The number of hydrogen-bond donors (Lipinski definition) is 1. The molecule has 0 aliphatic rings. The second-order valence-corrected chi connectivity index (χ2v) is 5.09. The van der Waals surface area contributed by atoms with E-state index in [2.05, 4.69) is 36.3 Å². The molecule has 19 heavy (non-hydrogen) atoms. The first kappa shape index (κ1) is 13.5. The van der Waals surface area contributed by atoms with Gasteiger partial charge >= 0.3 is 0 Å². The van der Waals surface area contributed by atoms with E-state index in [4.69, 9.17) is 5.73 Å². The predicted octanol–water partition coefficient (Wildman–Crippen LogP) is 2.84. The summed E-state index contributed by atoms with van der Waals surface area (Å²) in [5, 5.41) is 12.1. The van der Waals surface area contributed by atoms with Crippen LogP contribution in [0.5, 0.6) is 0 Å². The zero-order chi connectivity index (χ0) is 14.0. The van der Waals surface area contributed by atoms with Crippen LogP contribution in [0.2, 0.25) is 0 Å². The van der Waals surface area contributed by atoms with E-state index in [0.717, 1.165) is 29.1 Å². The van der Waals surface area contributed by atoms with Crippen molar-refractivity contribution in [3.8, 4) is 11.4 Å². The molecule has 2 unspecified atom stereocenters. The molecule has 1 heterocycles. The minimum absolute atomic E-state index is 0.260. The van der Waals surface area contributed by atoms with Crippen molar-refractivity contribution in [2.75, 3.05) is 5.73 Å². The van der Waals surface area contributed by atoms with Gasteiger partial charge in [0.1, 0.15) is 0 Å². The zero-order valence-corrected chi connectivity index (χ0v) is 12.0. The smallest absolute Gasteiger partial charge is 0.182 e. The van der Waals surface area contributed by atoms with Crippen LogP contribution in [0, 0.1) is 12.8 Å². The molecule has 1 aromatic carbocycles. The Morgan fingerprint density at radius 1 is 1.32 bits per heavy atom. The lowest BCUT2D eigenvalue weighted by Gasteiger charge is -2.20. The topological polar surface area (TPSA) is 69.6 Å². The van der Waals surface area contributed by atoms with Crippen LogP contribution in [0.25, 0.3) is 11.4 Å². The molecule has 0 fully saturated rings. The highest BCUT2D eigenvalue weighted by Gasteiger charge is 2.20. The average Bonchev–Trinajstić information content (AvgIpc) is 2.89. The van der Waals surface area contributed by atoms with Gasteiger partial charge in [-0.05, 0) is 41.8 Å². The van der Waals surface area contributed by atoms with E-state index >= 15 is 0 Å². The van der Waals surface area contributed by atoms with E-state index in [1.807, 2.05) is 29.8 Å². The molecule has 0 saturated heterocycles. The molecule has 2 rings (SSSR count). The Morgan fingerprint density at radius 2 is 2.05 bits per heavy atom. The average molecular weight is 259 g/mol. The van der Waals surface area contributed by atoms with Crippen LogP contribution in [-0.2, 0) is 0 Å². The maximum atomic E-state index is 5.96. The normalized spacial score (nSPS) is 14.3. The number of anilines is 1. The van der Waals surface area contributed by atoms with Gasteiger partial charge in [0, 0.05) is 11.3 Å². The first-order valence-electron chi connectivity index (χ1n) is 6.69. The monoisotopic (exact) mass is 259 g/mol. The summed E-state index contributed by atoms with van der Waals surface area (Å²) in [6, 6.07) is 6.10. The Balaban J connectivity index is 2.47. The van der Waals surface area contributed by atoms with Crippen LogP contribution in [0.4, 0.5) is 5.69 Å². The molecule has 2 aromatic rings. The van der Waals surface area contributed by atoms with Crippen molar-refractivity contribution in [3.63, 3.8) is 0 Å². The minimum Gasteiger partial charge on any atom is -0.398 e. The highest BCUT2D eigenvalue weighted by molar-refractivity contribution is 5.67. The number of hydrogen-bond acceptors (Lipinski definition) is 4. The molecule has 0 amide bonds. The van der Waals surface area contributed by atoms with Crippen molar-refractivity contribution in [1.29, 1.82) is 0 Å². The van der Waals surface area contributed by atoms with E-state index in [1.165, 1.54) is 0 Å². The van der Waals surface area contributed by atoms with Crippen LogP contribution in [-0.4, -0.2) is 20.2 Å². The largest absolute Gasteiger partial charge is 0.398 e. The lowest BCUT2D eigenvalue weighted by molar-refractivity contribution is 0.340. The van der Waals surface area contributed by atoms with E-state index in [9.17, 15) is 0 Å². The van der Waals surface area contributed by atoms with Crippen LogP contribution in [0.15, 0.2) is 18.2 Å². The molecule has 0 bridgehead atoms. The highest BCUT2D eigenvalue weighted by atomic mass is 15.5. The van der Waals surface area contributed by atoms with E-state index in [1.54, 1.807) is 0 Å². The number of benzene rings is 1. The maximum Gasteiger partial charge on any atom is 0.182 e. The molecular formula is C14H21N5. The van der Waals surface area contributed by atoms with Crippen molar-refractivity contribution >= 4 is 5.69 Å². The summed E-state index contributed by atoms with van der Waals surface area (Å²) in [6.45, 7) is 8.53. The SMILES string of the molecule is CCC(C)C(C)n1nnnc1-c1cccc(N)c1C. The number of nitrogens with zero attached hydrogens (tertiary/aromatic N) is 4. The number of aromatic nitrogens is 4. The van der Waals surface area contributed by atoms with Gasteiger partial charge in [0.2, 0.25) is 0 Å². The summed E-state index contributed by atoms with van der Waals surface area (Å²) in [7, 11) is 0. The molecule has 0 aliphatic carbocycles. The van der Waals surface area contributed by atoms with Crippen molar-refractivity contribution in [2.24, 2.45) is 5.92 Å². The standard InChI is InChI=1S/C14H21N5/c1-5-9(2)11(4)19-14(16-17-18-19)12-7-6-8-13(15)10(12)3/h6-9,11H,5,15H2,1-4H3. The summed E-state index contributed by atoms with van der Waals surface area (Å²) >= 11 is 0. The highest BCUT2D eigenvalue weighted by Crippen LogP contribution is 2.28. The van der Waals surface area contributed by atoms with Crippen LogP contribution in [0.3, 0.4) is 0 Å². The summed E-state index contributed by atoms with van der Waals surface area (Å²) in [4.78, 5) is 0. The second-order valence-electron chi connectivity index (χ2n) is 5.09. The van der Waals surface area contributed by atoms with Gasteiger partial charge in [0.15, 0.2) is 5.82 Å². The van der Waals surface area contributed by atoms with Gasteiger partial charge in [-0.3, -0.25) is 0 Å². The van der Waals surface area contributed by atoms with Crippen LogP contribution >= 0.6 is 0 Å².